The molecule has 4 nitrogen and oxygen atoms in total. The fraction of sp³-hybridized carbons (Fsp3) is 0.400. The summed E-state index contributed by atoms with van der Waals surface area (Å²) >= 11 is 0. The van der Waals surface area contributed by atoms with Gasteiger partial charge in [-0.2, -0.15) is 0 Å². The van der Waals surface area contributed by atoms with Gasteiger partial charge in [0.15, 0.2) is 0 Å². The summed E-state index contributed by atoms with van der Waals surface area (Å²) in [6, 6.07) is 14.3. The monoisotopic (exact) mass is 327 g/mol. The van der Waals surface area contributed by atoms with Crippen molar-refractivity contribution in [3.05, 3.63) is 48.0 Å². The Bertz CT molecular complexity index is 676. The third-order valence-corrected chi connectivity index (χ3v) is 4.12. The van der Waals surface area contributed by atoms with Gasteiger partial charge >= 0.3 is 5.97 Å². The summed E-state index contributed by atoms with van der Waals surface area (Å²) in [5.74, 6) is -0.0845. The summed E-state index contributed by atoms with van der Waals surface area (Å²) in [7, 11) is 1.41. The van der Waals surface area contributed by atoms with E-state index in [1.54, 1.807) is 0 Å². The molecule has 2 aromatic rings. The van der Waals surface area contributed by atoms with Gasteiger partial charge < -0.3 is 10.1 Å². The summed E-state index contributed by atoms with van der Waals surface area (Å²) in [5.41, 5.74) is 1.14. The zero-order valence-corrected chi connectivity index (χ0v) is 14.2. The Kier molecular flexibility index (Phi) is 7.27. The van der Waals surface area contributed by atoms with Gasteiger partial charge in [0.2, 0.25) is 5.91 Å². The zero-order chi connectivity index (χ0) is 17.2. The second kappa shape index (κ2) is 9.71. The van der Waals surface area contributed by atoms with E-state index in [9.17, 15) is 9.59 Å². The highest BCUT2D eigenvalue weighted by Gasteiger charge is 2.04. The second-order valence-corrected chi connectivity index (χ2v) is 5.91. The first-order valence-corrected chi connectivity index (χ1v) is 8.51. The van der Waals surface area contributed by atoms with Crippen LogP contribution in [0.3, 0.4) is 0 Å². The van der Waals surface area contributed by atoms with Crippen LogP contribution in [0.2, 0.25) is 0 Å². The molecular weight excluding hydrogens is 302 g/mol. The molecule has 0 bridgehead atoms. The molecule has 4 heteroatoms. The molecule has 1 amide bonds. The third kappa shape index (κ3) is 5.69. The molecule has 0 saturated carbocycles. The van der Waals surface area contributed by atoms with Crippen LogP contribution < -0.4 is 5.32 Å². The molecule has 128 valence electrons. The first kappa shape index (κ1) is 18.0. The first-order chi connectivity index (χ1) is 11.7. The largest absolute Gasteiger partial charge is 0.469 e. The van der Waals surface area contributed by atoms with Gasteiger partial charge in [-0.15, -0.1) is 0 Å². The summed E-state index contributed by atoms with van der Waals surface area (Å²) in [6.07, 6.45) is 4.57. The molecule has 0 saturated heterocycles. The highest BCUT2D eigenvalue weighted by Crippen LogP contribution is 2.18. The van der Waals surface area contributed by atoms with Gasteiger partial charge in [-0.05, 0) is 29.2 Å². The second-order valence-electron chi connectivity index (χ2n) is 5.91. The van der Waals surface area contributed by atoms with Crippen molar-refractivity contribution in [1.29, 1.82) is 0 Å². The predicted octanol–water partition coefficient (Wildman–Crippen LogP) is 3.97. The van der Waals surface area contributed by atoms with E-state index in [1.807, 2.05) is 18.2 Å². The number of rotatable bonds is 9. The SMILES string of the molecule is COC(=O)CCCCCCC(=O)NCc1cccc2ccccc12. The van der Waals surface area contributed by atoms with Crippen LogP contribution in [0, 0.1) is 0 Å². The number of hydrogen-bond donors (Lipinski definition) is 1. The Balaban J connectivity index is 1.67. The van der Waals surface area contributed by atoms with Crippen molar-refractivity contribution in [1.82, 2.24) is 5.32 Å². The lowest BCUT2D eigenvalue weighted by atomic mass is 10.0. The van der Waals surface area contributed by atoms with Crippen LogP contribution in [-0.2, 0) is 20.9 Å². The van der Waals surface area contributed by atoms with E-state index in [1.165, 1.54) is 17.9 Å². The zero-order valence-electron chi connectivity index (χ0n) is 14.2. The van der Waals surface area contributed by atoms with Crippen molar-refractivity contribution in [2.45, 2.75) is 45.1 Å². The van der Waals surface area contributed by atoms with Crippen LogP contribution in [0.15, 0.2) is 42.5 Å². The molecule has 0 aromatic heterocycles. The molecule has 0 aliphatic carbocycles. The lowest BCUT2D eigenvalue weighted by molar-refractivity contribution is -0.140. The lowest BCUT2D eigenvalue weighted by Gasteiger charge is -2.08. The number of ether oxygens (including phenoxy) is 1. The Morgan fingerprint density at radius 3 is 2.42 bits per heavy atom. The van der Waals surface area contributed by atoms with E-state index in [2.05, 4.69) is 34.3 Å². The molecule has 0 fully saturated rings. The normalized spacial score (nSPS) is 10.5. The van der Waals surface area contributed by atoms with E-state index in [0.717, 1.165) is 31.2 Å². The van der Waals surface area contributed by atoms with E-state index >= 15 is 0 Å². The van der Waals surface area contributed by atoms with Crippen molar-refractivity contribution < 1.29 is 14.3 Å². The fourth-order valence-corrected chi connectivity index (χ4v) is 2.74. The quantitative estimate of drug-likeness (QED) is 0.560. The Hall–Kier alpha value is -2.36. The molecule has 0 unspecified atom stereocenters. The van der Waals surface area contributed by atoms with Crippen LogP contribution in [0.4, 0.5) is 0 Å². The Labute approximate surface area is 143 Å². The number of fused-ring (bicyclic) bond motifs is 1. The highest BCUT2D eigenvalue weighted by molar-refractivity contribution is 5.86. The number of hydrogen-bond acceptors (Lipinski definition) is 3. The predicted molar refractivity (Wildman–Crippen MR) is 95.5 cm³/mol. The molecule has 0 spiro atoms. The van der Waals surface area contributed by atoms with Crippen molar-refractivity contribution >= 4 is 22.6 Å². The molecule has 2 rings (SSSR count). The van der Waals surface area contributed by atoms with Crippen LogP contribution in [-0.4, -0.2) is 19.0 Å². The molecular formula is C20H25NO3. The fourth-order valence-electron chi connectivity index (χ4n) is 2.74. The van der Waals surface area contributed by atoms with Crippen LogP contribution in [0.5, 0.6) is 0 Å². The summed E-state index contributed by atoms with van der Waals surface area (Å²) in [6.45, 7) is 0.558. The minimum absolute atomic E-state index is 0.0795. The van der Waals surface area contributed by atoms with Crippen LogP contribution in [0.25, 0.3) is 10.8 Å². The number of nitrogens with one attached hydrogen (secondary N) is 1. The average Bonchev–Trinajstić information content (AvgIpc) is 2.62. The van der Waals surface area contributed by atoms with Crippen molar-refractivity contribution in [3.63, 3.8) is 0 Å². The number of amides is 1. The average molecular weight is 327 g/mol. The van der Waals surface area contributed by atoms with Gasteiger partial charge in [-0.25, -0.2) is 0 Å². The van der Waals surface area contributed by atoms with Crippen LogP contribution >= 0.6 is 0 Å². The van der Waals surface area contributed by atoms with E-state index < -0.39 is 0 Å². The molecule has 0 aliphatic rings. The minimum Gasteiger partial charge on any atom is -0.469 e. The van der Waals surface area contributed by atoms with Gasteiger partial charge in [-0.3, -0.25) is 9.59 Å². The first-order valence-electron chi connectivity index (χ1n) is 8.51. The van der Waals surface area contributed by atoms with Gasteiger partial charge in [0.25, 0.3) is 0 Å². The number of carbonyl (C=O) groups excluding carboxylic acids is 2. The maximum atomic E-state index is 12.0. The van der Waals surface area contributed by atoms with Gasteiger partial charge in [-0.1, -0.05) is 55.3 Å². The number of benzene rings is 2. The van der Waals surface area contributed by atoms with Gasteiger partial charge in [0, 0.05) is 19.4 Å². The Morgan fingerprint density at radius 2 is 1.62 bits per heavy atom. The number of carbonyl (C=O) groups is 2. The lowest BCUT2D eigenvalue weighted by Crippen LogP contribution is -2.22. The molecule has 2 aromatic carbocycles. The standard InChI is InChI=1S/C20H25NO3/c1-24-20(23)14-5-3-2-4-13-19(22)21-15-17-11-8-10-16-9-6-7-12-18(16)17/h6-12H,2-5,13-15H2,1H3,(H,21,22). The van der Waals surface area contributed by atoms with Crippen molar-refractivity contribution in [3.8, 4) is 0 Å². The third-order valence-electron chi connectivity index (χ3n) is 4.12. The van der Waals surface area contributed by atoms with Gasteiger partial charge in [0.1, 0.15) is 0 Å². The summed E-state index contributed by atoms with van der Waals surface area (Å²) in [4.78, 5) is 22.9. The number of unbranched alkanes of at least 4 members (excludes halogenated alkanes) is 3. The molecule has 0 heterocycles. The molecule has 24 heavy (non-hydrogen) atoms. The minimum atomic E-state index is -0.164. The van der Waals surface area contributed by atoms with Crippen LogP contribution in [0.1, 0.15) is 44.1 Å². The smallest absolute Gasteiger partial charge is 0.305 e. The molecule has 1 N–H and O–H groups in total. The van der Waals surface area contributed by atoms with E-state index in [-0.39, 0.29) is 11.9 Å². The highest BCUT2D eigenvalue weighted by atomic mass is 16.5. The topological polar surface area (TPSA) is 55.4 Å². The van der Waals surface area contributed by atoms with E-state index in [0.29, 0.717) is 19.4 Å². The maximum absolute atomic E-state index is 12.0. The van der Waals surface area contributed by atoms with Crippen molar-refractivity contribution in [2.75, 3.05) is 7.11 Å². The summed E-state index contributed by atoms with van der Waals surface area (Å²) in [5, 5.41) is 5.37. The van der Waals surface area contributed by atoms with E-state index in [4.69, 9.17) is 0 Å². The summed E-state index contributed by atoms with van der Waals surface area (Å²) < 4.78 is 4.60. The number of methoxy groups -OCH3 is 1. The number of esters is 1. The maximum Gasteiger partial charge on any atom is 0.305 e. The molecule has 0 atom stereocenters. The Morgan fingerprint density at radius 1 is 0.917 bits per heavy atom. The van der Waals surface area contributed by atoms with Gasteiger partial charge in [0.05, 0.1) is 7.11 Å². The molecule has 0 aliphatic heterocycles. The molecule has 0 radical (unpaired) electrons. The van der Waals surface area contributed by atoms with Crippen molar-refractivity contribution in [2.24, 2.45) is 0 Å².